The molecule has 4 nitrogen and oxygen atoms in total. The van der Waals surface area contributed by atoms with Crippen LogP contribution in [0.4, 0.5) is 4.79 Å². The fourth-order valence-electron chi connectivity index (χ4n) is 0.549. The molecule has 0 aromatic heterocycles. The van der Waals surface area contributed by atoms with E-state index in [9.17, 15) is 4.79 Å². The van der Waals surface area contributed by atoms with Gasteiger partial charge in [0.2, 0.25) is 0 Å². The zero-order valence-electron chi connectivity index (χ0n) is 8.37. The molecule has 0 bridgehead atoms. The molecule has 2 N–H and O–H groups in total. The minimum absolute atomic E-state index is 0.531. The molecule has 78 valence electrons. The number of thiol groups is 1. The van der Waals surface area contributed by atoms with E-state index >= 15 is 0 Å². The van der Waals surface area contributed by atoms with Gasteiger partial charge in [0.25, 0.3) is 0 Å². The zero-order valence-corrected chi connectivity index (χ0v) is 9.26. The van der Waals surface area contributed by atoms with E-state index in [0.29, 0.717) is 0 Å². The predicted molar refractivity (Wildman–Crippen MR) is 53.8 cm³/mol. The SMILES string of the molecule is CC(O)C(S)NC(=O)OC(C)(C)C. The van der Waals surface area contributed by atoms with Crippen molar-refractivity contribution in [1.82, 2.24) is 5.32 Å². The summed E-state index contributed by atoms with van der Waals surface area (Å²) < 4.78 is 4.95. The molecule has 1 amide bonds. The van der Waals surface area contributed by atoms with E-state index in [0.717, 1.165) is 0 Å². The number of amides is 1. The van der Waals surface area contributed by atoms with Crippen molar-refractivity contribution < 1.29 is 14.6 Å². The lowest BCUT2D eigenvalue weighted by molar-refractivity contribution is 0.0485. The maximum absolute atomic E-state index is 11.1. The number of rotatable bonds is 2. The van der Waals surface area contributed by atoms with Crippen molar-refractivity contribution in [3.8, 4) is 0 Å². The highest BCUT2D eigenvalue weighted by Gasteiger charge is 2.19. The molecular weight excluding hydrogens is 190 g/mol. The van der Waals surface area contributed by atoms with Gasteiger partial charge >= 0.3 is 6.09 Å². The van der Waals surface area contributed by atoms with Crippen LogP contribution in [0.15, 0.2) is 0 Å². The molecule has 13 heavy (non-hydrogen) atoms. The maximum atomic E-state index is 11.1. The van der Waals surface area contributed by atoms with E-state index in [1.54, 1.807) is 20.8 Å². The van der Waals surface area contributed by atoms with Gasteiger partial charge in [0.1, 0.15) is 11.0 Å². The molecule has 0 spiro atoms. The molecule has 0 aliphatic carbocycles. The molecule has 0 fully saturated rings. The number of aliphatic hydroxyl groups is 1. The molecule has 0 saturated heterocycles. The Morgan fingerprint density at radius 2 is 2.00 bits per heavy atom. The van der Waals surface area contributed by atoms with Crippen LogP contribution >= 0.6 is 12.6 Å². The number of nitrogens with one attached hydrogen (secondary N) is 1. The highest BCUT2D eigenvalue weighted by molar-refractivity contribution is 7.81. The number of carbonyl (C=O) groups excluding carboxylic acids is 1. The Morgan fingerprint density at radius 3 is 2.31 bits per heavy atom. The number of ether oxygens (including phenoxy) is 1. The van der Waals surface area contributed by atoms with Gasteiger partial charge in [-0.15, -0.1) is 0 Å². The van der Waals surface area contributed by atoms with E-state index in [-0.39, 0.29) is 0 Å². The largest absolute Gasteiger partial charge is 0.444 e. The summed E-state index contributed by atoms with van der Waals surface area (Å²) in [6.07, 6.45) is -1.29. The lowest BCUT2D eigenvalue weighted by Crippen LogP contribution is -2.41. The van der Waals surface area contributed by atoms with Crippen molar-refractivity contribution in [2.75, 3.05) is 0 Å². The second-order valence-electron chi connectivity index (χ2n) is 3.83. The van der Waals surface area contributed by atoms with Crippen molar-refractivity contribution in [3.05, 3.63) is 0 Å². The summed E-state index contributed by atoms with van der Waals surface area (Å²) >= 11 is 3.95. The lowest BCUT2D eigenvalue weighted by Gasteiger charge is -2.22. The molecule has 2 atom stereocenters. The number of alkyl carbamates (subject to hydrolysis) is 1. The normalized spacial score (nSPS) is 16.2. The van der Waals surface area contributed by atoms with Crippen LogP contribution in [0, 0.1) is 0 Å². The highest BCUT2D eigenvalue weighted by Crippen LogP contribution is 2.07. The Labute approximate surface area is 84.1 Å². The van der Waals surface area contributed by atoms with Crippen LogP contribution in [0.5, 0.6) is 0 Å². The molecule has 0 heterocycles. The van der Waals surface area contributed by atoms with Crippen LogP contribution in [0.2, 0.25) is 0 Å². The van der Waals surface area contributed by atoms with Crippen LogP contribution in [0.3, 0.4) is 0 Å². The first-order valence-corrected chi connectivity index (χ1v) is 4.59. The number of carbonyl (C=O) groups is 1. The summed E-state index contributed by atoms with van der Waals surface area (Å²) in [6.45, 7) is 6.84. The van der Waals surface area contributed by atoms with Gasteiger partial charge in [0.15, 0.2) is 0 Å². The van der Waals surface area contributed by atoms with Crippen LogP contribution < -0.4 is 5.32 Å². The van der Waals surface area contributed by atoms with Crippen LogP contribution in [-0.2, 0) is 4.74 Å². The van der Waals surface area contributed by atoms with Crippen LogP contribution in [-0.4, -0.2) is 28.3 Å². The summed E-state index contributed by atoms with van der Waals surface area (Å²) in [7, 11) is 0. The fraction of sp³-hybridized carbons (Fsp3) is 0.875. The first-order valence-electron chi connectivity index (χ1n) is 4.08. The monoisotopic (exact) mass is 207 g/mol. The summed E-state index contributed by atoms with van der Waals surface area (Å²) in [5.41, 5.74) is -0.531. The minimum Gasteiger partial charge on any atom is -0.444 e. The Kier molecular flexibility index (Phi) is 4.56. The van der Waals surface area contributed by atoms with Gasteiger partial charge in [-0.1, -0.05) is 0 Å². The van der Waals surface area contributed by atoms with Crippen LogP contribution in [0.1, 0.15) is 27.7 Å². The minimum atomic E-state index is -0.712. The average Bonchev–Trinajstić information content (AvgIpc) is 1.81. The molecular formula is C8H17NO3S. The Hall–Kier alpha value is -0.420. The van der Waals surface area contributed by atoms with Gasteiger partial charge in [0.05, 0.1) is 6.10 Å². The second kappa shape index (κ2) is 4.72. The van der Waals surface area contributed by atoms with E-state index in [2.05, 4.69) is 17.9 Å². The van der Waals surface area contributed by atoms with Crippen molar-refractivity contribution >= 4 is 18.7 Å². The lowest BCUT2D eigenvalue weighted by atomic mass is 10.2. The Morgan fingerprint density at radius 1 is 1.54 bits per heavy atom. The number of aliphatic hydroxyl groups excluding tert-OH is 1. The summed E-state index contributed by atoms with van der Waals surface area (Å²) in [4.78, 5) is 11.1. The van der Waals surface area contributed by atoms with Gasteiger partial charge in [-0.3, -0.25) is 0 Å². The molecule has 0 radical (unpaired) electrons. The smallest absolute Gasteiger partial charge is 0.408 e. The average molecular weight is 207 g/mol. The van der Waals surface area contributed by atoms with E-state index in [1.165, 1.54) is 6.92 Å². The van der Waals surface area contributed by atoms with Gasteiger partial charge in [0, 0.05) is 0 Å². The summed E-state index contributed by atoms with van der Waals surface area (Å²) in [5.74, 6) is 0. The molecule has 0 aromatic carbocycles. The topological polar surface area (TPSA) is 58.6 Å². The molecule has 0 aliphatic heterocycles. The third-order valence-corrected chi connectivity index (χ3v) is 1.68. The molecule has 0 saturated carbocycles. The fourth-order valence-corrected chi connectivity index (χ4v) is 0.654. The molecule has 5 heteroatoms. The van der Waals surface area contributed by atoms with Gasteiger partial charge < -0.3 is 15.2 Å². The van der Waals surface area contributed by atoms with Crippen molar-refractivity contribution in [3.63, 3.8) is 0 Å². The van der Waals surface area contributed by atoms with E-state index in [4.69, 9.17) is 9.84 Å². The second-order valence-corrected chi connectivity index (χ2v) is 4.39. The third kappa shape index (κ3) is 6.72. The first kappa shape index (κ1) is 12.6. The predicted octanol–water partition coefficient (Wildman–Crippen LogP) is 1.15. The Balaban J connectivity index is 3.89. The Bertz CT molecular complexity index is 177. The first-order chi connectivity index (χ1) is 5.72. The highest BCUT2D eigenvalue weighted by atomic mass is 32.1. The van der Waals surface area contributed by atoms with Gasteiger partial charge in [-0.2, -0.15) is 12.6 Å². The molecule has 0 aromatic rings. The van der Waals surface area contributed by atoms with Crippen molar-refractivity contribution in [1.29, 1.82) is 0 Å². The van der Waals surface area contributed by atoms with Gasteiger partial charge in [-0.05, 0) is 27.7 Å². The van der Waals surface area contributed by atoms with Crippen molar-refractivity contribution in [2.45, 2.75) is 44.8 Å². The van der Waals surface area contributed by atoms with Crippen molar-refractivity contribution in [2.24, 2.45) is 0 Å². The molecule has 0 rings (SSSR count). The molecule has 2 unspecified atom stereocenters. The zero-order chi connectivity index (χ0) is 10.6. The maximum Gasteiger partial charge on any atom is 0.408 e. The third-order valence-electron chi connectivity index (χ3n) is 1.12. The van der Waals surface area contributed by atoms with E-state index < -0.39 is 23.2 Å². The number of hydrogen-bond donors (Lipinski definition) is 3. The standard InChI is InChI=1S/C8H17NO3S/c1-5(10)6(13)9-7(11)12-8(2,3)4/h5-6,10,13H,1-4H3,(H,9,11). The molecule has 0 aliphatic rings. The van der Waals surface area contributed by atoms with Crippen LogP contribution in [0.25, 0.3) is 0 Å². The summed E-state index contributed by atoms with van der Waals surface area (Å²) in [6, 6.07) is 0. The van der Waals surface area contributed by atoms with Gasteiger partial charge in [-0.25, -0.2) is 4.79 Å². The number of hydrogen-bond acceptors (Lipinski definition) is 4. The summed E-state index contributed by atoms with van der Waals surface area (Å²) in [5, 5.41) is 10.8. The quantitative estimate of drug-likeness (QED) is 0.470. The van der Waals surface area contributed by atoms with E-state index in [1.807, 2.05) is 0 Å².